The number of anilines is 1. The van der Waals surface area contributed by atoms with Crippen molar-refractivity contribution in [3.63, 3.8) is 0 Å². The van der Waals surface area contributed by atoms with E-state index < -0.39 is 6.10 Å². The molecule has 5 rings (SSSR count). The van der Waals surface area contributed by atoms with Gasteiger partial charge in [-0.15, -0.1) is 0 Å². The SMILES string of the molecule is O=C([C@@H]1CN(C(=O)COc2ccc3ccccc3c2)c2ccccc2O1)N1CCCCC1. The molecule has 2 heterocycles. The molecule has 0 spiro atoms. The first-order chi connectivity index (χ1) is 15.7. The van der Waals surface area contributed by atoms with Gasteiger partial charge in [-0.25, -0.2) is 0 Å². The number of carbonyl (C=O) groups excluding carboxylic acids is 2. The Balaban J connectivity index is 1.32. The fraction of sp³-hybridized carbons (Fsp3) is 0.308. The quantitative estimate of drug-likeness (QED) is 0.627. The summed E-state index contributed by atoms with van der Waals surface area (Å²) < 4.78 is 11.8. The summed E-state index contributed by atoms with van der Waals surface area (Å²) in [6.07, 6.45) is 2.47. The number of likely N-dealkylation sites (tertiary alicyclic amines) is 1. The van der Waals surface area contributed by atoms with E-state index in [0.29, 0.717) is 17.2 Å². The zero-order valence-corrected chi connectivity index (χ0v) is 17.9. The van der Waals surface area contributed by atoms with Gasteiger partial charge in [-0.1, -0.05) is 42.5 Å². The molecule has 0 unspecified atom stereocenters. The monoisotopic (exact) mass is 430 g/mol. The largest absolute Gasteiger partial charge is 0.484 e. The van der Waals surface area contributed by atoms with Crippen molar-refractivity contribution < 1.29 is 19.1 Å². The van der Waals surface area contributed by atoms with Crippen molar-refractivity contribution in [3.8, 4) is 11.5 Å². The maximum atomic E-state index is 13.2. The average molecular weight is 431 g/mol. The van der Waals surface area contributed by atoms with Crippen LogP contribution in [0.4, 0.5) is 5.69 Å². The van der Waals surface area contributed by atoms with Crippen LogP contribution in [0.2, 0.25) is 0 Å². The van der Waals surface area contributed by atoms with E-state index in [4.69, 9.17) is 9.47 Å². The van der Waals surface area contributed by atoms with Crippen molar-refractivity contribution in [1.29, 1.82) is 0 Å². The molecule has 3 aromatic carbocycles. The number of hydrogen-bond donors (Lipinski definition) is 0. The Kier molecular flexibility index (Phi) is 5.67. The summed E-state index contributed by atoms with van der Waals surface area (Å²) in [7, 11) is 0. The number of piperidine rings is 1. The second-order valence-corrected chi connectivity index (χ2v) is 8.26. The molecule has 32 heavy (non-hydrogen) atoms. The van der Waals surface area contributed by atoms with Crippen LogP contribution in [-0.4, -0.2) is 49.1 Å². The first kappa shape index (κ1) is 20.4. The molecule has 6 nitrogen and oxygen atoms in total. The zero-order chi connectivity index (χ0) is 21.9. The molecule has 0 N–H and O–H groups in total. The van der Waals surface area contributed by atoms with Crippen LogP contribution in [0.25, 0.3) is 10.8 Å². The smallest absolute Gasteiger partial charge is 0.265 e. The molecule has 2 aliphatic heterocycles. The van der Waals surface area contributed by atoms with E-state index in [-0.39, 0.29) is 25.0 Å². The number of ether oxygens (including phenoxy) is 2. The second-order valence-electron chi connectivity index (χ2n) is 8.26. The number of benzene rings is 3. The van der Waals surface area contributed by atoms with E-state index in [0.717, 1.165) is 43.1 Å². The van der Waals surface area contributed by atoms with Gasteiger partial charge >= 0.3 is 0 Å². The van der Waals surface area contributed by atoms with Gasteiger partial charge in [-0.3, -0.25) is 9.59 Å². The Morgan fingerprint density at radius 1 is 0.906 bits per heavy atom. The van der Waals surface area contributed by atoms with Gasteiger partial charge in [0.05, 0.1) is 12.2 Å². The molecule has 0 saturated carbocycles. The molecule has 3 aromatic rings. The highest BCUT2D eigenvalue weighted by Gasteiger charge is 2.36. The highest BCUT2D eigenvalue weighted by molar-refractivity contribution is 5.98. The third-order valence-corrected chi connectivity index (χ3v) is 6.10. The topological polar surface area (TPSA) is 59.1 Å². The number of rotatable bonds is 4. The van der Waals surface area contributed by atoms with Gasteiger partial charge in [0.1, 0.15) is 11.5 Å². The lowest BCUT2D eigenvalue weighted by Crippen LogP contribution is -2.53. The molecular formula is C26H26N2O4. The van der Waals surface area contributed by atoms with Crippen LogP contribution >= 0.6 is 0 Å². The summed E-state index contributed by atoms with van der Waals surface area (Å²) in [5.41, 5.74) is 0.669. The van der Waals surface area contributed by atoms with E-state index in [1.165, 1.54) is 0 Å². The lowest BCUT2D eigenvalue weighted by atomic mass is 10.1. The Labute approximate surface area is 187 Å². The lowest BCUT2D eigenvalue weighted by molar-refractivity contribution is -0.139. The Morgan fingerprint density at radius 2 is 1.66 bits per heavy atom. The number of para-hydroxylation sites is 2. The molecule has 0 aliphatic carbocycles. The molecule has 0 radical (unpaired) electrons. The molecule has 0 bridgehead atoms. The summed E-state index contributed by atoms with van der Waals surface area (Å²) in [6.45, 7) is 1.57. The highest BCUT2D eigenvalue weighted by Crippen LogP contribution is 2.34. The summed E-state index contributed by atoms with van der Waals surface area (Å²) >= 11 is 0. The summed E-state index contributed by atoms with van der Waals surface area (Å²) in [4.78, 5) is 29.7. The minimum Gasteiger partial charge on any atom is -0.484 e. The first-order valence-corrected chi connectivity index (χ1v) is 11.2. The molecule has 2 amide bonds. The van der Waals surface area contributed by atoms with Crippen molar-refractivity contribution in [2.24, 2.45) is 0 Å². The van der Waals surface area contributed by atoms with E-state index in [1.54, 1.807) is 11.0 Å². The van der Waals surface area contributed by atoms with Crippen LogP contribution < -0.4 is 14.4 Å². The predicted molar refractivity (Wildman–Crippen MR) is 123 cm³/mol. The molecule has 1 saturated heterocycles. The molecular weight excluding hydrogens is 404 g/mol. The lowest BCUT2D eigenvalue weighted by Gasteiger charge is -2.37. The zero-order valence-electron chi connectivity index (χ0n) is 17.9. The van der Waals surface area contributed by atoms with Gasteiger partial charge in [0.2, 0.25) is 0 Å². The fourth-order valence-corrected chi connectivity index (χ4v) is 4.40. The average Bonchev–Trinajstić information content (AvgIpc) is 2.86. The van der Waals surface area contributed by atoms with Crippen LogP contribution in [0, 0.1) is 0 Å². The number of nitrogens with zero attached hydrogens (tertiary/aromatic N) is 2. The standard InChI is InChI=1S/C26H26N2O4/c29-25(18-31-21-13-12-19-8-2-3-9-20(19)16-21)28-17-24(26(30)27-14-6-1-7-15-27)32-23-11-5-4-10-22(23)28/h2-5,8-13,16,24H,1,6-7,14-15,17-18H2/t24-/m0/s1. The van der Waals surface area contributed by atoms with E-state index in [2.05, 4.69) is 0 Å². The normalized spacial score (nSPS) is 18.1. The van der Waals surface area contributed by atoms with E-state index >= 15 is 0 Å². The third kappa shape index (κ3) is 4.13. The van der Waals surface area contributed by atoms with Crippen molar-refractivity contribution >= 4 is 28.3 Å². The predicted octanol–water partition coefficient (Wildman–Crippen LogP) is 4.03. The minimum atomic E-state index is -0.701. The Bertz CT molecular complexity index is 1140. The molecule has 0 aromatic heterocycles. The van der Waals surface area contributed by atoms with Gasteiger partial charge in [-0.05, 0) is 54.3 Å². The van der Waals surface area contributed by atoms with Gasteiger partial charge < -0.3 is 19.3 Å². The van der Waals surface area contributed by atoms with Crippen LogP contribution in [0.1, 0.15) is 19.3 Å². The molecule has 1 fully saturated rings. The summed E-state index contributed by atoms with van der Waals surface area (Å²) in [6, 6.07) is 21.1. The number of fused-ring (bicyclic) bond motifs is 2. The highest BCUT2D eigenvalue weighted by atomic mass is 16.5. The summed E-state index contributed by atoms with van der Waals surface area (Å²) in [5.74, 6) is 0.936. The van der Waals surface area contributed by atoms with Crippen molar-refractivity contribution in [2.45, 2.75) is 25.4 Å². The van der Waals surface area contributed by atoms with Gasteiger partial charge in [0.15, 0.2) is 12.7 Å². The van der Waals surface area contributed by atoms with Gasteiger partial charge in [0.25, 0.3) is 11.8 Å². The van der Waals surface area contributed by atoms with Crippen LogP contribution in [0.5, 0.6) is 11.5 Å². The minimum absolute atomic E-state index is 0.0487. The molecule has 164 valence electrons. The third-order valence-electron chi connectivity index (χ3n) is 6.10. The Hall–Kier alpha value is -3.54. The molecule has 6 heteroatoms. The van der Waals surface area contributed by atoms with E-state index in [9.17, 15) is 9.59 Å². The fourth-order valence-electron chi connectivity index (χ4n) is 4.40. The van der Waals surface area contributed by atoms with E-state index in [1.807, 2.05) is 65.6 Å². The van der Waals surface area contributed by atoms with Gasteiger partial charge in [-0.2, -0.15) is 0 Å². The van der Waals surface area contributed by atoms with Crippen LogP contribution in [0.3, 0.4) is 0 Å². The Morgan fingerprint density at radius 3 is 2.50 bits per heavy atom. The van der Waals surface area contributed by atoms with Crippen molar-refractivity contribution in [3.05, 3.63) is 66.7 Å². The number of carbonyl (C=O) groups is 2. The van der Waals surface area contributed by atoms with Crippen molar-refractivity contribution in [1.82, 2.24) is 4.90 Å². The molecule has 2 aliphatic rings. The number of hydrogen-bond acceptors (Lipinski definition) is 4. The van der Waals surface area contributed by atoms with Gasteiger partial charge in [0, 0.05) is 13.1 Å². The van der Waals surface area contributed by atoms with Crippen LogP contribution in [-0.2, 0) is 9.59 Å². The first-order valence-electron chi connectivity index (χ1n) is 11.2. The maximum absolute atomic E-state index is 13.2. The summed E-state index contributed by atoms with van der Waals surface area (Å²) in [5, 5.41) is 2.17. The number of amides is 2. The molecule has 1 atom stereocenters. The maximum Gasteiger partial charge on any atom is 0.265 e. The van der Waals surface area contributed by atoms with Crippen molar-refractivity contribution in [2.75, 3.05) is 31.1 Å². The second kappa shape index (κ2) is 8.91. The van der Waals surface area contributed by atoms with Crippen LogP contribution in [0.15, 0.2) is 66.7 Å².